The summed E-state index contributed by atoms with van der Waals surface area (Å²) in [6.07, 6.45) is 3.16. The van der Waals surface area contributed by atoms with Crippen LogP contribution in [0.2, 0.25) is 0 Å². The summed E-state index contributed by atoms with van der Waals surface area (Å²) in [5, 5.41) is 3.24. The Labute approximate surface area is 176 Å². The third-order valence-corrected chi connectivity index (χ3v) is 4.61. The molecule has 25 heavy (non-hydrogen) atoms. The number of aryl methyl sites for hydroxylation is 1. The molecule has 0 unspecified atom stereocenters. The van der Waals surface area contributed by atoms with E-state index < -0.39 is 15.6 Å². The fourth-order valence-electron chi connectivity index (χ4n) is 2.32. The van der Waals surface area contributed by atoms with E-state index in [0.29, 0.717) is 13.1 Å². The van der Waals surface area contributed by atoms with Crippen molar-refractivity contribution in [1.82, 2.24) is 19.5 Å². The molecule has 0 aliphatic carbocycles. The highest BCUT2D eigenvalue weighted by Gasteiger charge is 2.22. The molecule has 0 bridgehead atoms. The molecule has 1 rings (SSSR count). The minimum Gasteiger partial charge on any atom is -0.357 e. The normalized spacial score (nSPS) is 12.7. The average Bonchev–Trinajstić information content (AvgIpc) is 2.69. The molecule has 0 saturated carbocycles. The van der Waals surface area contributed by atoms with Crippen LogP contribution in [-0.2, 0) is 23.6 Å². The van der Waals surface area contributed by atoms with Gasteiger partial charge >= 0.3 is 0 Å². The average molecular weight is 550 g/mol. The van der Waals surface area contributed by atoms with Crippen molar-refractivity contribution in [2.45, 2.75) is 32.9 Å². The molecular formula is C15H29BrIN5O2S. The van der Waals surface area contributed by atoms with E-state index in [1.165, 1.54) is 0 Å². The standard InChI is InChI=1S/C15H28BrN5O2S.HI/c1-7-17-14(18-11-15(2,3)19-24(6,22)23)21(5)10-13-8-12(16)9-20(13)4;/h8-9,19H,7,10-11H2,1-6H3,(H,17,18);1H. The van der Waals surface area contributed by atoms with Gasteiger partial charge in [-0.1, -0.05) is 0 Å². The number of rotatable bonds is 7. The third-order valence-electron chi connectivity index (χ3n) is 3.26. The van der Waals surface area contributed by atoms with Gasteiger partial charge in [0.15, 0.2) is 5.96 Å². The first kappa shape index (κ1) is 24.7. The number of hydrogen-bond donors (Lipinski definition) is 2. The van der Waals surface area contributed by atoms with Gasteiger partial charge in [-0.15, -0.1) is 24.0 Å². The van der Waals surface area contributed by atoms with Gasteiger partial charge in [-0.3, -0.25) is 4.99 Å². The number of halogens is 2. The molecule has 0 aromatic carbocycles. The number of aliphatic imine (C=N–C) groups is 1. The molecule has 0 spiro atoms. The van der Waals surface area contributed by atoms with Gasteiger partial charge < -0.3 is 14.8 Å². The number of guanidine groups is 1. The lowest BCUT2D eigenvalue weighted by Gasteiger charge is -2.26. The Hall–Kier alpha value is -0.330. The number of nitrogens with zero attached hydrogens (tertiary/aromatic N) is 3. The molecule has 0 saturated heterocycles. The van der Waals surface area contributed by atoms with Crippen LogP contribution < -0.4 is 10.0 Å². The quantitative estimate of drug-likeness (QED) is 0.310. The molecule has 0 aliphatic heterocycles. The van der Waals surface area contributed by atoms with E-state index in [2.05, 4.69) is 41.6 Å². The maximum atomic E-state index is 11.4. The van der Waals surface area contributed by atoms with Crippen LogP contribution in [0.25, 0.3) is 0 Å². The lowest BCUT2D eigenvalue weighted by Crippen LogP contribution is -2.47. The molecule has 2 N–H and O–H groups in total. The predicted molar refractivity (Wildman–Crippen MR) is 118 cm³/mol. The van der Waals surface area contributed by atoms with Crippen molar-refractivity contribution in [3.8, 4) is 0 Å². The Kier molecular flexibility index (Phi) is 9.99. The van der Waals surface area contributed by atoms with Gasteiger partial charge in [-0.25, -0.2) is 13.1 Å². The van der Waals surface area contributed by atoms with Crippen LogP contribution in [-0.4, -0.2) is 55.8 Å². The molecule has 1 aromatic heterocycles. The van der Waals surface area contributed by atoms with Crippen molar-refractivity contribution in [3.05, 3.63) is 22.4 Å². The second kappa shape index (κ2) is 10.1. The summed E-state index contributed by atoms with van der Waals surface area (Å²) in [5.41, 5.74) is 0.492. The molecule has 0 atom stereocenters. The van der Waals surface area contributed by atoms with E-state index in [1.807, 2.05) is 46.0 Å². The predicted octanol–water partition coefficient (Wildman–Crippen LogP) is 2.13. The van der Waals surface area contributed by atoms with Gasteiger partial charge in [0, 0.05) is 42.5 Å². The van der Waals surface area contributed by atoms with Gasteiger partial charge in [-0.2, -0.15) is 0 Å². The summed E-state index contributed by atoms with van der Waals surface area (Å²) in [5.74, 6) is 0.734. The molecule has 1 aromatic rings. The largest absolute Gasteiger partial charge is 0.357 e. The number of sulfonamides is 1. The maximum absolute atomic E-state index is 11.4. The first-order chi connectivity index (χ1) is 10.9. The molecule has 0 aliphatic rings. The van der Waals surface area contributed by atoms with Gasteiger partial charge in [0.25, 0.3) is 0 Å². The van der Waals surface area contributed by atoms with Gasteiger partial charge in [0.2, 0.25) is 10.0 Å². The van der Waals surface area contributed by atoms with E-state index in [4.69, 9.17) is 0 Å². The topological polar surface area (TPSA) is 78.7 Å². The van der Waals surface area contributed by atoms with E-state index in [1.54, 1.807) is 0 Å². The zero-order chi connectivity index (χ0) is 18.5. The number of aromatic nitrogens is 1. The second-order valence-corrected chi connectivity index (χ2v) is 9.21. The van der Waals surface area contributed by atoms with Crippen LogP contribution >= 0.6 is 39.9 Å². The van der Waals surface area contributed by atoms with Gasteiger partial charge in [0.05, 0.1) is 19.3 Å². The minimum atomic E-state index is -3.28. The van der Waals surface area contributed by atoms with E-state index in [9.17, 15) is 8.42 Å². The monoisotopic (exact) mass is 549 g/mol. The highest BCUT2D eigenvalue weighted by molar-refractivity contribution is 14.0. The van der Waals surface area contributed by atoms with Crippen molar-refractivity contribution in [2.75, 3.05) is 26.4 Å². The van der Waals surface area contributed by atoms with Gasteiger partial charge in [-0.05, 0) is 42.8 Å². The van der Waals surface area contributed by atoms with Crippen molar-refractivity contribution >= 4 is 55.9 Å². The highest BCUT2D eigenvalue weighted by atomic mass is 127. The summed E-state index contributed by atoms with van der Waals surface area (Å²) < 4.78 is 28.6. The zero-order valence-corrected chi connectivity index (χ0v) is 20.4. The zero-order valence-electron chi connectivity index (χ0n) is 15.6. The molecule has 146 valence electrons. The second-order valence-electron chi connectivity index (χ2n) is 6.54. The summed E-state index contributed by atoms with van der Waals surface area (Å²) in [4.78, 5) is 6.60. The molecule has 10 heteroatoms. The van der Waals surface area contributed by atoms with Crippen LogP contribution in [0.4, 0.5) is 0 Å². The van der Waals surface area contributed by atoms with Crippen molar-refractivity contribution in [2.24, 2.45) is 12.0 Å². The van der Waals surface area contributed by atoms with Gasteiger partial charge in [0.1, 0.15) is 0 Å². The minimum absolute atomic E-state index is 0. The SMILES string of the molecule is CCNC(=NCC(C)(C)NS(C)(=O)=O)N(C)Cc1cc(Br)cn1C.I. The fourth-order valence-corrected chi connectivity index (χ4v) is 3.96. The molecule has 7 nitrogen and oxygen atoms in total. The molecular weight excluding hydrogens is 521 g/mol. The summed E-state index contributed by atoms with van der Waals surface area (Å²) in [6, 6.07) is 2.06. The number of hydrogen-bond acceptors (Lipinski definition) is 3. The van der Waals surface area contributed by atoms with Crippen molar-refractivity contribution in [1.29, 1.82) is 0 Å². The third kappa shape index (κ3) is 9.25. The summed E-state index contributed by atoms with van der Waals surface area (Å²) >= 11 is 3.48. The fraction of sp³-hybridized carbons (Fsp3) is 0.667. The Morgan fingerprint density at radius 2 is 2.04 bits per heavy atom. The Morgan fingerprint density at radius 1 is 1.44 bits per heavy atom. The van der Waals surface area contributed by atoms with Crippen molar-refractivity contribution in [3.63, 3.8) is 0 Å². The molecule has 1 heterocycles. The lowest BCUT2D eigenvalue weighted by molar-refractivity contribution is 0.440. The van der Waals surface area contributed by atoms with Crippen molar-refractivity contribution < 1.29 is 8.42 Å². The number of nitrogens with one attached hydrogen (secondary N) is 2. The van der Waals surface area contributed by atoms with Crippen LogP contribution in [0.15, 0.2) is 21.7 Å². The maximum Gasteiger partial charge on any atom is 0.209 e. The highest BCUT2D eigenvalue weighted by Crippen LogP contribution is 2.15. The Morgan fingerprint density at radius 3 is 2.48 bits per heavy atom. The first-order valence-electron chi connectivity index (χ1n) is 7.72. The van der Waals surface area contributed by atoms with E-state index in [0.717, 1.165) is 28.9 Å². The van der Waals surface area contributed by atoms with Crippen LogP contribution in [0, 0.1) is 0 Å². The van der Waals surface area contributed by atoms with E-state index >= 15 is 0 Å². The van der Waals surface area contributed by atoms with Crippen LogP contribution in [0.3, 0.4) is 0 Å². The van der Waals surface area contributed by atoms with Crippen LogP contribution in [0.5, 0.6) is 0 Å². The van der Waals surface area contributed by atoms with Crippen LogP contribution in [0.1, 0.15) is 26.5 Å². The summed E-state index contributed by atoms with van der Waals surface area (Å²) in [7, 11) is 0.679. The first-order valence-corrected chi connectivity index (χ1v) is 10.4. The smallest absolute Gasteiger partial charge is 0.209 e. The Balaban J connectivity index is 0.00000576. The lowest BCUT2D eigenvalue weighted by atomic mass is 10.1. The Bertz CT molecular complexity index is 688. The summed E-state index contributed by atoms with van der Waals surface area (Å²) in [6.45, 7) is 7.39. The van der Waals surface area contributed by atoms with E-state index in [-0.39, 0.29) is 24.0 Å². The molecule has 0 fully saturated rings. The molecule has 0 radical (unpaired) electrons. The molecule has 0 amide bonds.